The van der Waals surface area contributed by atoms with Crippen LogP contribution in [0.15, 0.2) is 24.3 Å². The number of piperazine rings is 1. The zero-order chi connectivity index (χ0) is 28.6. The summed E-state index contributed by atoms with van der Waals surface area (Å²) in [7, 11) is 0. The standard InChI is InChI=1S/C23H35FN2O2.C5H9NO2.C2H6/c1-3-5-12-23(11-4-2)18-21(28-22(23)27)10-13-25-14-16-26(17-15-25)20-8-6-19(24)7-9-20;1-4(7)3-6-5(2)8;1-2/h6-9,21H,3-5,10-18H2,1-2H3;3H2,1-2H3,(H,6,8);1-2H3/t21-,23?;;/m0../s1. The number of nitrogens with zero attached hydrogens (tertiary/aromatic N) is 2. The van der Waals surface area contributed by atoms with Crippen LogP contribution in [0.5, 0.6) is 0 Å². The number of cyclic esters (lactones) is 1. The second-order valence-electron chi connectivity index (χ2n) is 10.1. The highest BCUT2D eigenvalue weighted by Crippen LogP contribution is 2.43. The number of rotatable bonds is 11. The van der Waals surface area contributed by atoms with Crippen molar-refractivity contribution in [3.63, 3.8) is 0 Å². The maximum Gasteiger partial charge on any atom is 0.312 e. The van der Waals surface area contributed by atoms with Crippen molar-refractivity contribution >= 4 is 23.3 Å². The number of carbonyl (C=O) groups excluding carboxylic acids is 3. The fourth-order valence-corrected chi connectivity index (χ4v) is 4.98. The summed E-state index contributed by atoms with van der Waals surface area (Å²) in [5.74, 6) is -0.332. The molecule has 2 aliphatic rings. The van der Waals surface area contributed by atoms with Crippen LogP contribution >= 0.6 is 0 Å². The summed E-state index contributed by atoms with van der Waals surface area (Å²) in [6.45, 7) is 16.2. The Labute approximate surface area is 229 Å². The number of hydrogen-bond donors (Lipinski definition) is 1. The summed E-state index contributed by atoms with van der Waals surface area (Å²) in [6.07, 6.45) is 7.11. The number of benzene rings is 1. The lowest BCUT2D eigenvalue weighted by molar-refractivity contribution is -0.149. The fourth-order valence-electron chi connectivity index (χ4n) is 4.98. The minimum absolute atomic E-state index is 0.0276. The van der Waals surface area contributed by atoms with Crippen LogP contribution in [0.25, 0.3) is 0 Å². The van der Waals surface area contributed by atoms with Crippen molar-refractivity contribution in [2.75, 3.05) is 44.2 Å². The van der Waals surface area contributed by atoms with Gasteiger partial charge in [0.1, 0.15) is 17.7 Å². The van der Waals surface area contributed by atoms with Crippen molar-refractivity contribution in [3.8, 4) is 0 Å². The molecule has 1 aromatic rings. The highest BCUT2D eigenvalue weighted by Gasteiger charge is 2.47. The number of carbonyl (C=O) groups is 3. The van der Waals surface area contributed by atoms with Crippen LogP contribution < -0.4 is 10.2 Å². The van der Waals surface area contributed by atoms with Crippen LogP contribution in [0.2, 0.25) is 0 Å². The molecule has 1 aromatic carbocycles. The third-order valence-electron chi connectivity index (χ3n) is 6.98. The van der Waals surface area contributed by atoms with Crippen molar-refractivity contribution in [2.45, 2.75) is 92.6 Å². The molecule has 1 amide bonds. The van der Waals surface area contributed by atoms with Gasteiger partial charge in [0.2, 0.25) is 5.91 Å². The minimum atomic E-state index is -0.225. The van der Waals surface area contributed by atoms with E-state index in [0.717, 1.165) is 83.4 Å². The third kappa shape index (κ3) is 11.5. The van der Waals surface area contributed by atoms with E-state index in [9.17, 15) is 18.8 Å². The third-order valence-corrected chi connectivity index (χ3v) is 6.98. The number of anilines is 1. The molecule has 8 heteroatoms. The molecule has 216 valence electrons. The Morgan fingerprint density at radius 1 is 1.03 bits per heavy atom. The van der Waals surface area contributed by atoms with Crippen molar-refractivity contribution in [3.05, 3.63) is 30.1 Å². The van der Waals surface area contributed by atoms with Crippen molar-refractivity contribution in [1.29, 1.82) is 0 Å². The Morgan fingerprint density at radius 3 is 2.16 bits per heavy atom. The molecule has 0 radical (unpaired) electrons. The number of esters is 1. The average Bonchev–Trinajstić information content (AvgIpc) is 3.22. The Kier molecular flexibility index (Phi) is 15.8. The van der Waals surface area contributed by atoms with E-state index in [2.05, 4.69) is 29.0 Å². The largest absolute Gasteiger partial charge is 0.462 e. The van der Waals surface area contributed by atoms with E-state index >= 15 is 0 Å². The quantitative estimate of drug-likeness (QED) is 0.384. The van der Waals surface area contributed by atoms with Gasteiger partial charge in [0.05, 0.1) is 12.0 Å². The molecule has 1 N–H and O–H groups in total. The molecule has 1 unspecified atom stereocenters. The van der Waals surface area contributed by atoms with Gasteiger partial charge in [0.15, 0.2) is 0 Å². The molecule has 2 saturated heterocycles. The maximum absolute atomic E-state index is 13.1. The molecule has 7 nitrogen and oxygen atoms in total. The summed E-state index contributed by atoms with van der Waals surface area (Å²) >= 11 is 0. The lowest BCUT2D eigenvalue weighted by Crippen LogP contribution is -2.47. The second-order valence-corrected chi connectivity index (χ2v) is 10.1. The van der Waals surface area contributed by atoms with Crippen LogP contribution in [0, 0.1) is 11.2 Å². The summed E-state index contributed by atoms with van der Waals surface area (Å²) in [5.41, 5.74) is 0.863. The van der Waals surface area contributed by atoms with Crippen LogP contribution in [0.3, 0.4) is 0 Å². The molecule has 0 aliphatic carbocycles. The van der Waals surface area contributed by atoms with Crippen molar-refractivity contribution in [2.24, 2.45) is 5.41 Å². The second kappa shape index (κ2) is 17.9. The Hall–Kier alpha value is -2.48. The van der Waals surface area contributed by atoms with Crippen molar-refractivity contribution < 1.29 is 23.5 Å². The first-order chi connectivity index (χ1) is 18.2. The highest BCUT2D eigenvalue weighted by molar-refractivity contribution is 5.83. The molecule has 0 bridgehead atoms. The predicted molar refractivity (Wildman–Crippen MR) is 152 cm³/mol. The van der Waals surface area contributed by atoms with E-state index in [1.165, 1.54) is 26.0 Å². The molecule has 2 fully saturated rings. The molecule has 0 aromatic heterocycles. The van der Waals surface area contributed by atoms with Crippen LogP contribution in [-0.4, -0.2) is 67.9 Å². The number of amides is 1. The molecule has 0 saturated carbocycles. The fraction of sp³-hybridized carbons (Fsp3) is 0.700. The van der Waals surface area contributed by atoms with Crippen molar-refractivity contribution in [1.82, 2.24) is 10.2 Å². The molecule has 2 heterocycles. The highest BCUT2D eigenvalue weighted by atomic mass is 19.1. The minimum Gasteiger partial charge on any atom is -0.462 e. The molecular formula is C30H50FN3O4. The molecular weight excluding hydrogens is 485 g/mol. The Morgan fingerprint density at radius 2 is 1.66 bits per heavy atom. The monoisotopic (exact) mass is 535 g/mol. The van der Waals surface area contributed by atoms with E-state index in [-0.39, 0.29) is 41.5 Å². The van der Waals surface area contributed by atoms with Crippen LogP contribution in [0.4, 0.5) is 10.1 Å². The lowest BCUT2D eigenvalue weighted by Gasteiger charge is -2.36. The maximum atomic E-state index is 13.1. The zero-order valence-corrected chi connectivity index (χ0v) is 24.5. The summed E-state index contributed by atoms with van der Waals surface area (Å²) < 4.78 is 18.9. The molecule has 0 spiro atoms. The van der Waals surface area contributed by atoms with E-state index < -0.39 is 0 Å². The van der Waals surface area contributed by atoms with Gasteiger partial charge >= 0.3 is 5.97 Å². The first kappa shape index (κ1) is 33.5. The van der Waals surface area contributed by atoms with E-state index in [4.69, 9.17) is 4.74 Å². The van der Waals surface area contributed by atoms with Gasteiger partial charge in [0, 0.05) is 51.8 Å². The van der Waals surface area contributed by atoms with Gasteiger partial charge in [-0.3, -0.25) is 19.3 Å². The van der Waals surface area contributed by atoms with E-state index in [0.29, 0.717) is 0 Å². The number of ether oxygens (including phenoxy) is 1. The van der Waals surface area contributed by atoms with Gasteiger partial charge in [0.25, 0.3) is 0 Å². The number of halogens is 1. The smallest absolute Gasteiger partial charge is 0.312 e. The predicted octanol–water partition coefficient (Wildman–Crippen LogP) is 5.37. The first-order valence-electron chi connectivity index (χ1n) is 14.4. The van der Waals surface area contributed by atoms with Crippen LogP contribution in [-0.2, 0) is 19.1 Å². The Balaban J connectivity index is 0.000000620. The number of unbranched alkanes of at least 4 members (excludes halogenated alkanes) is 1. The van der Waals surface area contributed by atoms with Crippen LogP contribution in [0.1, 0.15) is 86.5 Å². The van der Waals surface area contributed by atoms with Gasteiger partial charge in [-0.25, -0.2) is 4.39 Å². The number of hydrogen-bond acceptors (Lipinski definition) is 6. The normalized spacial score (nSPS) is 21.0. The van der Waals surface area contributed by atoms with E-state index in [1.54, 1.807) is 0 Å². The average molecular weight is 536 g/mol. The SMILES string of the molecule is CC.CC(=O)CNC(C)=O.CCCCC1(CCC)C[C@H](CCN2CCN(c3ccc(F)cc3)CC2)OC1=O. The molecule has 2 atom stereocenters. The van der Waals surface area contributed by atoms with E-state index in [1.807, 2.05) is 26.0 Å². The van der Waals surface area contributed by atoms with Gasteiger partial charge in [-0.05, 0) is 50.5 Å². The number of nitrogens with one attached hydrogen (secondary N) is 1. The summed E-state index contributed by atoms with van der Waals surface area (Å²) in [5, 5.41) is 2.36. The first-order valence-corrected chi connectivity index (χ1v) is 14.4. The molecule has 3 rings (SSSR count). The number of Topliss-reactive ketones (excluding diaryl/α,β-unsaturated/α-hetero) is 1. The van der Waals surface area contributed by atoms with Gasteiger partial charge < -0.3 is 15.0 Å². The Bertz CT molecular complexity index is 826. The summed E-state index contributed by atoms with van der Waals surface area (Å²) in [6, 6.07) is 6.76. The van der Waals surface area contributed by atoms with Gasteiger partial charge in [-0.15, -0.1) is 0 Å². The summed E-state index contributed by atoms with van der Waals surface area (Å²) in [4.78, 5) is 37.6. The molecule has 38 heavy (non-hydrogen) atoms. The topological polar surface area (TPSA) is 79.0 Å². The zero-order valence-electron chi connectivity index (χ0n) is 24.5. The van der Waals surface area contributed by atoms with Gasteiger partial charge in [-0.1, -0.05) is 47.0 Å². The molecule has 2 aliphatic heterocycles. The lowest BCUT2D eigenvalue weighted by atomic mass is 9.76. The van der Waals surface area contributed by atoms with Gasteiger partial charge in [-0.2, -0.15) is 0 Å². The number of ketones is 1.